The molecule has 0 aliphatic rings. The van der Waals surface area contributed by atoms with Crippen LogP contribution in [0.4, 0.5) is 0 Å². The van der Waals surface area contributed by atoms with Crippen molar-refractivity contribution in [2.75, 3.05) is 14.2 Å². The molecule has 0 aromatic rings. The third kappa shape index (κ3) is 6.28. The van der Waals surface area contributed by atoms with Crippen LogP contribution in [0.25, 0.3) is 0 Å². The van der Waals surface area contributed by atoms with E-state index in [-0.39, 0.29) is 0 Å². The minimum absolute atomic E-state index is 1.11. The van der Waals surface area contributed by atoms with E-state index >= 15 is 0 Å². The number of hydrogen-bond donors (Lipinski definition) is 0. The average Bonchev–Trinajstić information content (AvgIpc) is 2.05. The summed E-state index contributed by atoms with van der Waals surface area (Å²) in [5, 5.41) is 0. The van der Waals surface area contributed by atoms with Crippen molar-refractivity contribution in [2.45, 2.75) is 25.3 Å². The van der Waals surface area contributed by atoms with Gasteiger partial charge in [-0.05, 0) is 18.9 Å². The standard InChI is InChI=1S/C8H18O2Si/c1-4-5-6-7-8-11(9-2)10-3/h4,11H,1,5-8H2,2-3H3. The van der Waals surface area contributed by atoms with Crippen molar-refractivity contribution < 1.29 is 8.85 Å². The van der Waals surface area contributed by atoms with Crippen LogP contribution >= 0.6 is 0 Å². The van der Waals surface area contributed by atoms with Gasteiger partial charge >= 0.3 is 9.28 Å². The van der Waals surface area contributed by atoms with Crippen LogP contribution in [0.5, 0.6) is 0 Å². The van der Waals surface area contributed by atoms with Crippen LogP contribution in [-0.2, 0) is 8.85 Å². The van der Waals surface area contributed by atoms with Crippen molar-refractivity contribution in [1.82, 2.24) is 0 Å². The van der Waals surface area contributed by atoms with Gasteiger partial charge in [0.15, 0.2) is 0 Å². The van der Waals surface area contributed by atoms with Crippen molar-refractivity contribution in [2.24, 2.45) is 0 Å². The lowest BCUT2D eigenvalue weighted by Crippen LogP contribution is -2.18. The highest BCUT2D eigenvalue weighted by Gasteiger charge is 2.07. The first kappa shape index (κ1) is 10.9. The van der Waals surface area contributed by atoms with Gasteiger partial charge in [-0.25, -0.2) is 0 Å². The molecule has 0 N–H and O–H groups in total. The molecule has 0 rings (SSSR count). The first-order chi connectivity index (χ1) is 5.35. The topological polar surface area (TPSA) is 18.5 Å². The molecule has 0 aliphatic carbocycles. The van der Waals surface area contributed by atoms with Crippen molar-refractivity contribution in [3.05, 3.63) is 12.7 Å². The Bertz CT molecular complexity index is 92.1. The van der Waals surface area contributed by atoms with Gasteiger partial charge in [-0.2, -0.15) is 0 Å². The van der Waals surface area contributed by atoms with E-state index in [0.29, 0.717) is 0 Å². The molecule has 0 aromatic heterocycles. The fraction of sp³-hybridized carbons (Fsp3) is 0.750. The lowest BCUT2D eigenvalue weighted by Gasteiger charge is -2.09. The lowest BCUT2D eigenvalue weighted by molar-refractivity contribution is 0.276. The Morgan fingerprint density at radius 3 is 2.36 bits per heavy atom. The van der Waals surface area contributed by atoms with Crippen molar-refractivity contribution in [3.63, 3.8) is 0 Å². The Hall–Kier alpha value is -0.123. The summed E-state index contributed by atoms with van der Waals surface area (Å²) in [6, 6.07) is 1.11. The monoisotopic (exact) mass is 174 g/mol. The molecule has 0 amide bonds. The van der Waals surface area contributed by atoms with Gasteiger partial charge in [-0.15, -0.1) is 6.58 Å². The summed E-state index contributed by atoms with van der Waals surface area (Å²) in [6.07, 6.45) is 5.47. The molecule has 2 nitrogen and oxygen atoms in total. The van der Waals surface area contributed by atoms with Gasteiger partial charge in [-0.1, -0.05) is 12.5 Å². The SMILES string of the molecule is C=CCCCC[SiH](OC)OC. The molecule has 0 unspecified atom stereocenters. The molecule has 66 valence electrons. The van der Waals surface area contributed by atoms with E-state index < -0.39 is 9.28 Å². The first-order valence-corrected chi connectivity index (χ1v) is 5.77. The second-order valence-electron chi connectivity index (χ2n) is 2.47. The largest absolute Gasteiger partial charge is 0.400 e. The molecule has 0 aliphatic heterocycles. The summed E-state index contributed by atoms with van der Waals surface area (Å²) >= 11 is 0. The Morgan fingerprint density at radius 2 is 1.91 bits per heavy atom. The molecule has 0 radical (unpaired) electrons. The van der Waals surface area contributed by atoms with Gasteiger partial charge < -0.3 is 8.85 Å². The molecule has 0 heterocycles. The first-order valence-electron chi connectivity index (χ1n) is 4.01. The molecule has 0 bridgehead atoms. The summed E-state index contributed by atoms with van der Waals surface area (Å²) in [6.45, 7) is 3.67. The van der Waals surface area contributed by atoms with Crippen LogP contribution in [0.3, 0.4) is 0 Å². The van der Waals surface area contributed by atoms with E-state index in [1.54, 1.807) is 14.2 Å². The zero-order valence-corrected chi connectivity index (χ0v) is 8.66. The normalized spacial score (nSPS) is 10.5. The Morgan fingerprint density at radius 1 is 1.27 bits per heavy atom. The van der Waals surface area contributed by atoms with Crippen molar-refractivity contribution in [3.8, 4) is 0 Å². The summed E-state index contributed by atoms with van der Waals surface area (Å²) in [7, 11) is 2.19. The zero-order valence-electron chi connectivity index (χ0n) is 7.51. The van der Waals surface area contributed by atoms with Gasteiger partial charge in [0.25, 0.3) is 0 Å². The molecule has 0 fully saturated rings. The maximum Gasteiger partial charge on any atom is 0.320 e. The predicted molar refractivity (Wildman–Crippen MR) is 50.0 cm³/mol. The number of hydrogen-bond acceptors (Lipinski definition) is 2. The van der Waals surface area contributed by atoms with Gasteiger partial charge in [-0.3, -0.25) is 0 Å². The summed E-state index contributed by atoms with van der Waals surface area (Å²) in [5.74, 6) is 0. The van der Waals surface area contributed by atoms with Crippen LogP contribution in [0.15, 0.2) is 12.7 Å². The molecule has 0 saturated heterocycles. The van der Waals surface area contributed by atoms with Crippen molar-refractivity contribution >= 4 is 9.28 Å². The van der Waals surface area contributed by atoms with Gasteiger partial charge in [0.05, 0.1) is 0 Å². The highest BCUT2D eigenvalue weighted by molar-refractivity contribution is 6.44. The second-order valence-corrected chi connectivity index (χ2v) is 4.85. The second kappa shape index (κ2) is 7.98. The number of rotatable bonds is 7. The van der Waals surface area contributed by atoms with Crippen molar-refractivity contribution in [1.29, 1.82) is 0 Å². The van der Waals surface area contributed by atoms with E-state index in [1.807, 2.05) is 6.08 Å². The molecular weight excluding hydrogens is 156 g/mol. The predicted octanol–water partition coefficient (Wildman–Crippen LogP) is 1.86. The summed E-state index contributed by atoms with van der Waals surface area (Å²) < 4.78 is 10.3. The quantitative estimate of drug-likeness (QED) is 0.333. The minimum Gasteiger partial charge on any atom is -0.400 e. The Balaban J connectivity index is 3.13. The molecule has 3 heteroatoms. The van der Waals surface area contributed by atoms with Gasteiger partial charge in [0, 0.05) is 14.2 Å². The average molecular weight is 174 g/mol. The lowest BCUT2D eigenvalue weighted by atomic mass is 10.2. The van der Waals surface area contributed by atoms with E-state index in [2.05, 4.69) is 6.58 Å². The number of unbranched alkanes of at least 4 members (excludes halogenated alkanes) is 2. The molecule has 0 atom stereocenters. The highest BCUT2D eigenvalue weighted by atomic mass is 28.3. The smallest absolute Gasteiger partial charge is 0.320 e. The fourth-order valence-corrected chi connectivity index (χ4v) is 2.22. The summed E-state index contributed by atoms with van der Waals surface area (Å²) in [5.41, 5.74) is 0. The molecule has 0 aromatic carbocycles. The van der Waals surface area contributed by atoms with Crippen LogP contribution in [0, 0.1) is 0 Å². The van der Waals surface area contributed by atoms with E-state index in [4.69, 9.17) is 8.85 Å². The van der Waals surface area contributed by atoms with Crippen LogP contribution in [0.2, 0.25) is 6.04 Å². The highest BCUT2D eigenvalue weighted by Crippen LogP contribution is 2.05. The maximum atomic E-state index is 5.17. The molecule has 11 heavy (non-hydrogen) atoms. The molecule has 0 saturated carbocycles. The molecule has 0 spiro atoms. The van der Waals surface area contributed by atoms with Crippen LogP contribution in [-0.4, -0.2) is 23.5 Å². The van der Waals surface area contributed by atoms with E-state index in [9.17, 15) is 0 Å². The fourth-order valence-electron chi connectivity index (χ4n) is 0.932. The third-order valence-electron chi connectivity index (χ3n) is 1.62. The van der Waals surface area contributed by atoms with Gasteiger partial charge in [0.2, 0.25) is 0 Å². The van der Waals surface area contributed by atoms with E-state index in [0.717, 1.165) is 12.5 Å². The molecular formula is C8H18O2Si. The third-order valence-corrected chi connectivity index (χ3v) is 3.56. The Kier molecular flexibility index (Phi) is 7.89. The Labute approximate surface area is 71.1 Å². The summed E-state index contributed by atoms with van der Waals surface area (Å²) in [4.78, 5) is 0. The zero-order chi connectivity index (χ0) is 8.53. The van der Waals surface area contributed by atoms with Crippen LogP contribution in [0.1, 0.15) is 19.3 Å². The maximum absolute atomic E-state index is 5.17. The van der Waals surface area contributed by atoms with Gasteiger partial charge in [0.1, 0.15) is 0 Å². The van der Waals surface area contributed by atoms with Crippen LogP contribution < -0.4 is 0 Å². The minimum atomic E-state index is -1.27. The van der Waals surface area contributed by atoms with E-state index in [1.165, 1.54) is 12.8 Å². The number of allylic oxidation sites excluding steroid dienone is 1.